The first-order valence-corrected chi connectivity index (χ1v) is 10.3. The van der Waals surface area contributed by atoms with Crippen molar-refractivity contribution < 1.29 is 19.0 Å². The van der Waals surface area contributed by atoms with E-state index in [4.69, 9.17) is 31.5 Å². The number of H-pyrrole nitrogens is 1. The third kappa shape index (κ3) is 4.70. The van der Waals surface area contributed by atoms with Crippen LogP contribution in [0.2, 0.25) is 5.02 Å². The summed E-state index contributed by atoms with van der Waals surface area (Å²) >= 11 is 6.33. The van der Waals surface area contributed by atoms with Crippen LogP contribution in [0.1, 0.15) is 30.1 Å². The first kappa shape index (κ1) is 22.7. The minimum atomic E-state index is -0.764. The second kappa shape index (κ2) is 9.88. The molecule has 0 unspecified atom stereocenters. The van der Waals surface area contributed by atoms with Crippen molar-refractivity contribution in [1.82, 2.24) is 9.55 Å². The normalized spacial score (nSPS) is 13.0. The number of carbonyl (C=O) groups is 1. The van der Waals surface area contributed by atoms with Gasteiger partial charge in [0.2, 0.25) is 0 Å². The number of amides is 1. The Balaban J connectivity index is 2.11. The van der Waals surface area contributed by atoms with Gasteiger partial charge in [-0.05, 0) is 18.6 Å². The summed E-state index contributed by atoms with van der Waals surface area (Å²) in [5, 5.41) is 0.215. The molecule has 11 heteroatoms. The van der Waals surface area contributed by atoms with Crippen LogP contribution in [0, 0.1) is 0 Å². The van der Waals surface area contributed by atoms with E-state index < -0.39 is 17.2 Å². The lowest BCUT2D eigenvalue weighted by molar-refractivity contribution is 0.0975. The summed E-state index contributed by atoms with van der Waals surface area (Å²) in [6, 6.07) is 2.96. The number of benzene rings is 1. The van der Waals surface area contributed by atoms with Crippen LogP contribution in [-0.4, -0.2) is 48.9 Å². The van der Waals surface area contributed by atoms with Gasteiger partial charge in [0.25, 0.3) is 11.5 Å². The number of aromatic amines is 1. The predicted molar refractivity (Wildman–Crippen MR) is 117 cm³/mol. The highest BCUT2D eigenvalue weighted by molar-refractivity contribution is 6.33. The van der Waals surface area contributed by atoms with Gasteiger partial charge >= 0.3 is 5.69 Å². The standard InChI is InChI=1S/C20H25ClN4O6/c1-3-5-25-17(22)15(18(26)23-20(25)28)24(6-9-29-2)19(27)12-10-13(21)16-14(11-12)30-7-4-8-31-16/h10-11H,3-9,22H2,1-2H3,(H,23,26,28). The summed E-state index contributed by atoms with van der Waals surface area (Å²) in [7, 11) is 1.47. The van der Waals surface area contributed by atoms with Crippen molar-refractivity contribution in [2.45, 2.75) is 26.3 Å². The number of fused-ring (bicyclic) bond motifs is 1. The van der Waals surface area contributed by atoms with Gasteiger partial charge in [-0.3, -0.25) is 24.0 Å². The maximum Gasteiger partial charge on any atom is 0.330 e. The summed E-state index contributed by atoms with van der Waals surface area (Å²) in [6.07, 6.45) is 1.29. The van der Waals surface area contributed by atoms with Gasteiger partial charge in [-0.2, -0.15) is 0 Å². The van der Waals surface area contributed by atoms with Gasteiger partial charge in [0.05, 0.1) is 24.8 Å². The van der Waals surface area contributed by atoms with Gasteiger partial charge in [-0.15, -0.1) is 0 Å². The summed E-state index contributed by atoms with van der Waals surface area (Å²) in [5.41, 5.74) is 4.81. The number of methoxy groups -OCH3 is 1. The molecule has 1 amide bonds. The number of nitrogens with one attached hydrogen (secondary N) is 1. The van der Waals surface area contributed by atoms with Crippen molar-refractivity contribution in [3.8, 4) is 11.5 Å². The molecule has 31 heavy (non-hydrogen) atoms. The number of nitrogens with zero attached hydrogens (tertiary/aromatic N) is 2. The first-order valence-electron chi connectivity index (χ1n) is 9.91. The van der Waals surface area contributed by atoms with E-state index >= 15 is 0 Å². The quantitative estimate of drug-likeness (QED) is 0.653. The summed E-state index contributed by atoms with van der Waals surface area (Å²) < 4.78 is 17.6. The molecule has 0 fully saturated rings. The molecule has 1 aliphatic heterocycles. The Morgan fingerprint density at radius 1 is 1.32 bits per heavy atom. The lowest BCUT2D eigenvalue weighted by Gasteiger charge is -2.24. The third-order valence-corrected chi connectivity index (χ3v) is 5.03. The molecule has 1 aromatic heterocycles. The maximum atomic E-state index is 13.5. The number of rotatable bonds is 7. The van der Waals surface area contributed by atoms with Gasteiger partial charge in [-0.1, -0.05) is 18.5 Å². The number of nitrogen functional groups attached to an aromatic ring is 1. The fourth-order valence-electron chi connectivity index (χ4n) is 3.29. The fourth-order valence-corrected chi connectivity index (χ4v) is 3.56. The number of anilines is 2. The van der Waals surface area contributed by atoms with Gasteiger partial charge in [-0.25, -0.2) is 4.79 Å². The number of ether oxygens (including phenoxy) is 3. The number of aromatic nitrogens is 2. The molecule has 0 saturated heterocycles. The predicted octanol–water partition coefficient (Wildman–Crippen LogP) is 1.64. The van der Waals surface area contributed by atoms with E-state index in [1.54, 1.807) is 0 Å². The second-order valence-electron chi connectivity index (χ2n) is 6.93. The molecule has 10 nitrogen and oxygen atoms in total. The van der Waals surface area contributed by atoms with Crippen LogP contribution >= 0.6 is 11.6 Å². The van der Waals surface area contributed by atoms with Crippen LogP contribution in [0.15, 0.2) is 21.7 Å². The Bertz CT molecular complexity index is 1080. The summed E-state index contributed by atoms with van der Waals surface area (Å²) in [5.74, 6) is 0.0693. The van der Waals surface area contributed by atoms with Gasteiger partial charge in [0, 0.05) is 32.2 Å². The SMILES string of the molecule is CCCn1c(N)c(N(CCOC)C(=O)c2cc(Cl)c3c(c2)OCCCO3)c(=O)[nH]c1=O. The van der Waals surface area contributed by atoms with Gasteiger partial charge in [0.1, 0.15) is 5.82 Å². The molecule has 2 heterocycles. The van der Waals surface area contributed by atoms with E-state index in [9.17, 15) is 14.4 Å². The van der Waals surface area contributed by atoms with Crippen molar-refractivity contribution in [1.29, 1.82) is 0 Å². The molecular formula is C20H25ClN4O6. The first-order chi connectivity index (χ1) is 14.9. The number of hydrogen-bond acceptors (Lipinski definition) is 7. The topological polar surface area (TPSA) is 129 Å². The Morgan fingerprint density at radius 2 is 2.06 bits per heavy atom. The van der Waals surface area contributed by atoms with Crippen molar-refractivity contribution in [2.24, 2.45) is 0 Å². The Labute approximate surface area is 183 Å². The zero-order valence-corrected chi connectivity index (χ0v) is 18.2. The van der Waals surface area contributed by atoms with Gasteiger partial charge in [0.15, 0.2) is 17.2 Å². The molecule has 0 radical (unpaired) electrons. The zero-order valence-electron chi connectivity index (χ0n) is 17.4. The van der Waals surface area contributed by atoms with E-state index in [2.05, 4.69) is 4.98 Å². The van der Waals surface area contributed by atoms with Crippen molar-refractivity contribution in [2.75, 3.05) is 44.1 Å². The minimum absolute atomic E-state index is 0.0268. The van der Waals surface area contributed by atoms with E-state index in [0.29, 0.717) is 37.6 Å². The van der Waals surface area contributed by atoms with E-state index in [1.165, 1.54) is 28.7 Å². The third-order valence-electron chi connectivity index (χ3n) is 4.74. The molecule has 0 aliphatic carbocycles. The highest BCUT2D eigenvalue weighted by atomic mass is 35.5. The average molecular weight is 453 g/mol. The molecular weight excluding hydrogens is 428 g/mol. The van der Waals surface area contributed by atoms with Crippen molar-refractivity contribution >= 4 is 29.0 Å². The fraction of sp³-hybridized carbons (Fsp3) is 0.450. The number of nitrogens with two attached hydrogens (primary N) is 1. The molecule has 3 rings (SSSR count). The van der Waals surface area contributed by atoms with Crippen molar-refractivity contribution in [3.05, 3.63) is 43.6 Å². The molecule has 0 bridgehead atoms. The second-order valence-corrected chi connectivity index (χ2v) is 7.34. The Morgan fingerprint density at radius 3 is 2.77 bits per heavy atom. The number of hydrogen-bond donors (Lipinski definition) is 2. The average Bonchev–Trinajstić information content (AvgIpc) is 2.98. The zero-order chi connectivity index (χ0) is 22.5. The maximum absolute atomic E-state index is 13.5. The largest absolute Gasteiger partial charge is 0.489 e. The summed E-state index contributed by atoms with van der Waals surface area (Å²) in [4.78, 5) is 41.7. The van der Waals surface area contributed by atoms with Crippen LogP contribution in [0.4, 0.5) is 11.5 Å². The molecule has 1 aromatic carbocycles. The number of halogens is 1. The minimum Gasteiger partial charge on any atom is -0.489 e. The van der Waals surface area contributed by atoms with Gasteiger partial charge < -0.3 is 19.9 Å². The van der Waals surface area contributed by atoms with Crippen LogP contribution in [-0.2, 0) is 11.3 Å². The molecule has 1 aliphatic rings. The van der Waals surface area contributed by atoms with E-state index in [-0.39, 0.29) is 41.8 Å². The molecule has 168 valence electrons. The molecule has 0 saturated carbocycles. The monoisotopic (exact) mass is 452 g/mol. The summed E-state index contributed by atoms with van der Waals surface area (Å²) in [6.45, 7) is 3.18. The molecule has 2 aromatic rings. The van der Waals surface area contributed by atoms with Crippen LogP contribution in [0.3, 0.4) is 0 Å². The molecule has 3 N–H and O–H groups in total. The molecule has 0 spiro atoms. The Kier molecular flexibility index (Phi) is 7.24. The highest BCUT2D eigenvalue weighted by Crippen LogP contribution is 2.38. The van der Waals surface area contributed by atoms with Crippen molar-refractivity contribution in [3.63, 3.8) is 0 Å². The van der Waals surface area contributed by atoms with E-state index in [0.717, 1.165) is 0 Å². The smallest absolute Gasteiger partial charge is 0.330 e. The lowest BCUT2D eigenvalue weighted by atomic mass is 10.1. The van der Waals surface area contributed by atoms with E-state index in [1.807, 2.05) is 6.92 Å². The van der Waals surface area contributed by atoms with Crippen LogP contribution in [0.5, 0.6) is 11.5 Å². The lowest BCUT2D eigenvalue weighted by Crippen LogP contribution is -2.42. The molecule has 0 atom stereocenters. The van der Waals surface area contributed by atoms with Crippen LogP contribution < -0.4 is 31.4 Å². The Hall–Kier alpha value is -2.98. The number of carbonyl (C=O) groups excluding carboxylic acids is 1. The van der Waals surface area contributed by atoms with Crippen LogP contribution in [0.25, 0.3) is 0 Å². The highest BCUT2D eigenvalue weighted by Gasteiger charge is 2.27.